The number of hydrogen-bond acceptors (Lipinski definition) is 6. The Bertz CT molecular complexity index is 1640. The minimum absolute atomic E-state index is 0.0173. The van der Waals surface area contributed by atoms with Gasteiger partial charge in [-0.25, -0.2) is 0 Å². The number of rotatable bonds is 11. The number of thioether (sulfide) groups is 1. The summed E-state index contributed by atoms with van der Waals surface area (Å²) in [5.74, 6) is 0.114. The van der Waals surface area contributed by atoms with Gasteiger partial charge in [0.15, 0.2) is 0 Å². The number of aryl methyl sites for hydroxylation is 1. The van der Waals surface area contributed by atoms with Gasteiger partial charge in [0.1, 0.15) is 17.2 Å². The average Bonchev–Trinajstić information content (AvgIpc) is 3.02. The van der Waals surface area contributed by atoms with Crippen molar-refractivity contribution in [2.24, 2.45) is 0 Å². The van der Waals surface area contributed by atoms with Crippen LogP contribution in [0.5, 0.6) is 11.5 Å². The van der Waals surface area contributed by atoms with E-state index < -0.39 is 11.8 Å². The molecule has 0 radical (unpaired) electrons. The molecule has 4 aromatic carbocycles. The maximum Gasteiger partial charge on any atom is 0.272 e. The molecule has 4 aromatic rings. The first kappa shape index (κ1) is 31.2. The Morgan fingerprint density at radius 3 is 2.23 bits per heavy atom. The number of carbonyl (C=O) groups is 3. The summed E-state index contributed by atoms with van der Waals surface area (Å²) in [5, 5.41) is 8.96. The van der Waals surface area contributed by atoms with Crippen LogP contribution in [0.15, 0.2) is 102 Å². The van der Waals surface area contributed by atoms with Crippen LogP contribution in [0.25, 0.3) is 6.08 Å². The van der Waals surface area contributed by atoms with Gasteiger partial charge in [0.2, 0.25) is 5.91 Å². The molecule has 0 atom stereocenters. The van der Waals surface area contributed by atoms with Crippen LogP contribution >= 0.6 is 23.4 Å². The zero-order chi connectivity index (χ0) is 30.8. The smallest absolute Gasteiger partial charge is 0.272 e. The minimum atomic E-state index is -0.529. The van der Waals surface area contributed by atoms with Gasteiger partial charge in [-0.3, -0.25) is 14.4 Å². The van der Waals surface area contributed by atoms with Crippen molar-refractivity contribution in [1.82, 2.24) is 5.32 Å². The monoisotopic (exact) mass is 615 g/mol. The Morgan fingerprint density at radius 1 is 0.837 bits per heavy atom. The first-order chi connectivity index (χ1) is 20.7. The zero-order valence-electron chi connectivity index (χ0n) is 23.8. The summed E-state index contributed by atoms with van der Waals surface area (Å²) in [6.45, 7) is 1.89. The van der Waals surface area contributed by atoms with Crippen molar-refractivity contribution in [2.75, 3.05) is 30.6 Å². The number of anilines is 2. The van der Waals surface area contributed by atoms with Gasteiger partial charge >= 0.3 is 0 Å². The van der Waals surface area contributed by atoms with E-state index in [0.29, 0.717) is 39.0 Å². The van der Waals surface area contributed by atoms with Crippen LogP contribution in [0.3, 0.4) is 0 Å². The van der Waals surface area contributed by atoms with Gasteiger partial charge in [-0.15, -0.1) is 11.8 Å². The predicted molar refractivity (Wildman–Crippen MR) is 172 cm³/mol. The second kappa shape index (κ2) is 14.9. The molecule has 8 nitrogen and oxygen atoms in total. The van der Waals surface area contributed by atoms with Crippen molar-refractivity contribution in [2.45, 2.75) is 11.8 Å². The summed E-state index contributed by atoms with van der Waals surface area (Å²) in [6.07, 6.45) is 1.54. The molecule has 0 aliphatic heterocycles. The van der Waals surface area contributed by atoms with Crippen molar-refractivity contribution in [3.05, 3.63) is 118 Å². The molecule has 3 amide bonds. The Morgan fingerprint density at radius 2 is 1.56 bits per heavy atom. The number of methoxy groups -OCH3 is 2. The fraction of sp³-hybridized carbons (Fsp3) is 0.121. The average molecular weight is 616 g/mol. The molecule has 0 bridgehead atoms. The predicted octanol–water partition coefficient (Wildman–Crippen LogP) is 6.81. The van der Waals surface area contributed by atoms with E-state index in [2.05, 4.69) is 16.0 Å². The Hall–Kier alpha value is -4.73. The molecule has 0 spiro atoms. The standard InChI is InChI=1S/C33H30ClN3O5S/c1-21-9-11-25(18-28(21)34)35-31(38)20-43-27-15-12-24(13-16-27)36-33(40)29(37-32(39)22-7-5-4-6-8-22)17-23-10-14-26(41-2)19-30(23)42-3/h4-19H,20H2,1-3H3,(H,35,38)(H,36,40)(H,37,39)/b29-17-. The van der Waals surface area contributed by atoms with Gasteiger partial charge in [0.05, 0.1) is 20.0 Å². The molecule has 0 aliphatic carbocycles. The summed E-state index contributed by atoms with van der Waals surface area (Å²) < 4.78 is 10.7. The van der Waals surface area contributed by atoms with Crippen LogP contribution in [0.1, 0.15) is 21.5 Å². The molecule has 43 heavy (non-hydrogen) atoms. The summed E-state index contributed by atoms with van der Waals surface area (Å²) >= 11 is 7.49. The summed E-state index contributed by atoms with van der Waals surface area (Å²) in [7, 11) is 3.05. The van der Waals surface area contributed by atoms with E-state index >= 15 is 0 Å². The molecule has 0 fully saturated rings. The fourth-order valence-corrected chi connectivity index (χ4v) is 4.76. The number of amides is 3. The first-order valence-corrected chi connectivity index (χ1v) is 14.5. The Kier molecular flexibility index (Phi) is 10.9. The van der Waals surface area contributed by atoms with Gasteiger partial charge < -0.3 is 25.4 Å². The normalized spacial score (nSPS) is 10.9. The lowest BCUT2D eigenvalue weighted by atomic mass is 10.1. The van der Waals surface area contributed by atoms with Gasteiger partial charge in [-0.2, -0.15) is 0 Å². The zero-order valence-corrected chi connectivity index (χ0v) is 25.3. The highest BCUT2D eigenvalue weighted by molar-refractivity contribution is 8.00. The lowest BCUT2D eigenvalue weighted by Gasteiger charge is -2.13. The van der Waals surface area contributed by atoms with Crippen LogP contribution in [0, 0.1) is 6.92 Å². The number of halogens is 1. The van der Waals surface area contributed by atoms with Crippen molar-refractivity contribution < 1.29 is 23.9 Å². The quantitative estimate of drug-likeness (QED) is 0.126. The molecule has 0 aliphatic rings. The number of benzene rings is 4. The van der Waals surface area contributed by atoms with Crippen molar-refractivity contribution in [3.8, 4) is 11.5 Å². The third-order valence-corrected chi connectivity index (χ3v) is 7.63. The van der Waals surface area contributed by atoms with Crippen LogP contribution in [0.4, 0.5) is 11.4 Å². The number of hydrogen-bond donors (Lipinski definition) is 3. The van der Waals surface area contributed by atoms with E-state index in [1.54, 1.807) is 98.1 Å². The lowest BCUT2D eigenvalue weighted by Crippen LogP contribution is -2.30. The molecular weight excluding hydrogens is 586 g/mol. The molecule has 0 unspecified atom stereocenters. The Labute approximate surface area is 259 Å². The highest BCUT2D eigenvalue weighted by Crippen LogP contribution is 2.27. The molecule has 0 saturated heterocycles. The molecule has 10 heteroatoms. The van der Waals surface area contributed by atoms with Crippen molar-refractivity contribution >= 4 is 58.5 Å². The lowest BCUT2D eigenvalue weighted by molar-refractivity contribution is -0.114. The molecule has 0 heterocycles. The van der Waals surface area contributed by atoms with Crippen LogP contribution in [-0.4, -0.2) is 37.7 Å². The maximum atomic E-state index is 13.4. The molecule has 3 N–H and O–H groups in total. The van der Waals surface area contributed by atoms with E-state index in [0.717, 1.165) is 10.5 Å². The third kappa shape index (κ3) is 8.88. The summed E-state index contributed by atoms with van der Waals surface area (Å²) in [5.41, 5.74) is 3.06. The van der Waals surface area contributed by atoms with Gasteiger partial charge in [0.25, 0.3) is 11.8 Å². The Balaban J connectivity index is 1.45. The third-order valence-electron chi connectivity index (χ3n) is 6.21. The topological polar surface area (TPSA) is 106 Å². The second-order valence-electron chi connectivity index (χ2n) is 9.27. The van der Waals surface area contributed by atoms with E-state index in [4.69, 9.17) is 21.1 Å². The van der Waals surface area contributed by atoms with Crippen LogP contribution in [-0.2, 0) is 9.59 Å². The molecule has 0 aromatic heterocycles. The minimum Gasteiger partial charge on any atom is -0.497 e. The largest absolute Gasteiger partial charge is 0.497 e. The number of ether oxygens (including phenoxy) is 2. The van der Waals surface area contributed by atoms with E-state index in [9.17, 15) is 14.4 Å². The molecule has 4 rings (SSSR count). The fourth-order valence-electron chi connectivity index (χ4n) is 3.89. The second-order valence-corrected chi connectivity index (χ2v) is 10.7. The number of nitrogens with one attached hydrogen (secondary N) is 3. The van der Waals surface area contributed by atoms with Gasteiger partial charge in [-0.1, -0.05) is 35.9 Å². The maximum absolute atomic E-state index is 13.4. The van der Waals surface area contributed by atoms with E-state index in [-0.39, 0.29) is 17.4 Å². The van der Waals surface area contributed by atoms with Gasteiger partial charge in [-0.05, 0) is 79.2 Å². The van der Waals surface area contributed by atoms with Gasteiger partial charge in [0, 0.05) is 38.5 Å². The first-order valence-electron chi connectivity index (χ1n) is 13.2. The number of carbonyl (C=O) groups excluding carboxylic acids is 3. The van der Waals surface area contributed by atoms with E-state index in [1.807, 2.05) is 13.0 Å². The summed E-state index contributed by atoms with van der Waals surface area (Å²) in [4.78, 5) is 39.6. The SMILES string of the molecule is COc1ccc(/C=C(\NC(=O)c2ccccc2)C(=O)Nc2ccc(SCC(=O)Nc3ccc(C)c(Cl)c3)cc2)c(OC)c1. The van der Waals surface area contributed by atoms with Crippen LogP contribution < -0.4 is 25.4 Å². The summed E-state index contributed by atoms with van der Waals surface area (Å²) in [6, 6.07) is 26.2. The molecular formula is C33H30ClN3O5S. The van der Waals surface area contributed by atoms with Crippen molar-refractivity contribution in [3.63, 3.8) is 0 Å². The highest BCUT2D eigenvalue weighted by Gasteiger charge is 2.17. The van der Waals surface area contributed by atoms with E-state index in [1.165, 1.54) is 18.9 Å². The highest BCUT2D eigenvalue weighted by atomic mass is 35.5. The van der Waals surface area contributed by atoms with Crippen LogP contribution in [0.2, 0.25) is 5.02 Å². The molecule has 0 saturated carbocycles. The molecule has 220 valence electrons. The van der Waals surface area contributed by atoms with Crippen molar-refractivity contribution in [1.29, 1.82) is 0 Å².